The van der Waals surface area contributed by atoms with Crippen molar-refractivity contribution in [3.63, 3.8) is 0 Å². The molecule has 160 valence electrons. The first-order valence-electron chi connectivity index (χ1n) is 9.84. The quantitative estimate of drug-likeness (QED) is 0.225. The summed E-state index contributed by atoms with van der Waals surface area (Å²) in [6.45, 7) is 3.69. The largest absolute Gasteiger partial charge is 0.493 e. The van der Waals surface area contributed by atoms with Gasteiger partial charge in [0.2, 0.25) is 0 Å². The van der Waals surface area contributed by atoms with Crippen LogP contribution in [0.15, 0.2) is 69.9 Å². The summed E-state index contributed by atoms with van der Waals surface area (Å²) in [4.78, 5) is 36.6. The molecule has 3 aromatic rings. The standard InChI is InChI=1S/C24H22O7/c1-3-4-5-9-14-28-18-12-13-19-20(15-18)30-24(27)22(21(19)29-16(2)25)31-23(26)17-10-7-6-8-11-17/h4-8,10-13,15H,3,9,14H2,1-2H3/b5-4+. The van der Waals surface area contributed by atoms with Crippen molar-refractivity contribution in [3.8, 4) is 17.2 Å². The highest BCUT2D eigenvalue weighted by atomic mass is 16.6. The molecule has 0 aliphatic carbocycles. The lowest BCUT2D eigenvalue weighted by Crippen LogP contribution is -2.17. The van der Waals surface area contributed by atoms with Gasteiger partial charge in [-0.2, -0.15) is 0 Å². The van der Waals surface area contributed by atoms with Crippen molar-refractivity contribution in [1.29, 1.82) is 0 Å². The number of hydrogen-bond acceptors (Lipinski definition) is 7. The van der Waals surface area contributed by atoms with Gasteiger partial charge in [0.25, 0.3) is 5.75 Å². The summed E-state index contributed by atoms with van der Waals surface area (Å²) in [5.41, 5.74) is -0.574. The van der Waals surface area contributed by atoms with Gasteiger partial charge in [-0.05, 0) is 37.1 Å². The fourth-order valence-corrected chi connectivity index (χ4v) is 2.81. The summed E-state index contributed by atoms with van der Waals surface area (Å²) < 4.78 is 21.4. The molecule has 31 heavy (non-hydrogen) atoms. The third-order valence-electron chi connectivity index (χ3n) is 4.20. The van der Waals surface area contributed by atoms with E-state index in [2.05, 4.69) is 6.92 Å². The fraction of sp³-hybridized carbons (Fsp3) is 0.208. The Bertz CT molecular complexity index is 1160. The summed E-state index contributed by atoms with van der Waals surface area (Å²) in [6.07, 6.45) is 5.76. The molecular formula is C24H22O7. The van der Waals surface area contributed by atoms with Crippen molar-refractivity contribution >= 4 is 22.9 Å². The minimum absolute atomic E-state index is 0.141. The maximum absolute atomic E-state index is 12.6. The summed E-state index contributed by atoms with van der Waals surface area (Å²) in [5.74, 6) is -1.63. The van der Waals surface area contributed by atoms with E-state index in [1.165, 1.54) is 25.1 Å². The van der Waals surface area contributed by atoms with Crippen LogP contribution in [0.25, 0.3) is 11.0 Å². The van der Waals surface area contributed by atoms with Gasteiger partial charge in [0.05, 0.1) is 17.6 Å². The van der Waals surface area contributed by atoms with Crippen LogP contribution in [0.3, 0.4) is 0 Å². The highest BCUT2D eigenvalue weighted by Gasteiger charge is 2.23. The zero-order valence-corrected chi connectivity index (χ0v) is 17.3. The Morgan fingerprint density at radius 3 is 2.48 bits per heavy atom. The second-order valence-corrected chi connectivity index (χ2v) is 6.57. The van der Waals surface area contributed by atoms with E-state index in [1.54, 1.807) is 30.3 Å². The van der Waals surface area contributed by atoms with E-state index in [0.29, 0.717) is 17.7 Å². The molecule has 0 spiro atoms. The van der Waals surface area contributed by atoms with Crippen molar-refractivity contribution in [1.82, 2.24) is 0 Å². The van der Waals surface area contributed by atoms with Gasteiger partial charge in [0.15, 0.2) is 5.75 Å². The Morgan fingerprint density at radius 2 is 1.77 bits per heavy atom. The van der Waals surface area contributed by atoms with Crippen LogP contribution < -0.4 is 19.8 Å². The molecule has 2 aromatic carbocycles. The van der Waals surface area contributed by atoms with Crippen molar-refractivity contribution in [3.05, 3.63) is 76.7 Å². The zero-order valence-electron chi connectivity index (χ0n) is 17.3. The number of ether oxygens (including phenoxy) is 3. The van der Waals surface area contributed by atoms with Crippen LogP contribution in [0.5, 0.6) is 17.2 Å². The maximum atomic E-state index is 12.6. The van der Waals surface area contributed by atoms with Gasteiger partial charge in [0, 0.05) is 13.0 Å². The minimum atomic E-state index is -0.948. The Morgan fingerprint density at radius 1 is 1.00 bits per heavy atom. The normalized spacial score (nSPS) is 10.9. The van der Waals surface area contributed by atoms with Crippen molar-refractivity contribution in [2.45, 2.75) is 26.7 Å². The predicted octanol–water partition coefficient (Wildman–Crippen LogP) is 4.67. The molecule has 1 heterocycles. The number of carbonyl (C=O) groups excluding carboxylic acids is 2. The molecule has 0 atom stereocenters. The molecule has 0 saturated carbocycles. The SMILES string of the molecule is CC/C=C/CCOc1ccc2c(OC(C)=O)c(OC(=O)c3ccccc3)c(=O)oc2c1. The van der Waals surface area contributed by atoms with Gasteiger partial charge in [0.1, 0.15) is 11.3 Å². The molecule has 0 radical (unpaired) electrons. The van der Waals surface area contributed by atoms with Crippen LogP contribution in [0, 0.1) is 0 Å². The van der Waals surface area contributed by atoms with Gasteiger partial charge in [-0.3, -0.25) is 4.79 Å². The summed E-state index contributed by atoms with van der Waals surface area (Å²) in [6, 6.07) is 12.9. The second-order valence-electron chi connectivity index (χ2n) is 6.57. The average molecular weight is 422 g/mol. The van der Waals surface area contributed by atoms with Gasteiger partial charge < -0.3 is 18.6 Å². The summed E-state index contributed by atoms with van der Waals surface area (Å²) in [5, 5.41) is 0.295. The van der Waals surface area contributed by atoms with E-state index in [1.807, 2.05) is 12.2 Å². The number of carbonyl (C=O) groups is 2. The first-order chi connectivity index (χ1) is 15.0. The van der Waals surface area contributed by atoms with E-state index < -0.39 is 23.3 Å². The third kappa shape index (κ3) is 5.60. The Balaban J connectivity index is 1.95. The lowest BCUT2D eigenvalue weighted by atomic mass is 10.2. The van der Waals surface area contributed by atoms with Gasteiger partial charge in [-0.15, -0.1) is 0 Å². The highest BCUT2D eigenvalue weighted by Crippen LogP contribution is 2.35. The lowest BCUT2D eigenvalue weighted by molar-refractivity contribution is -0.131. The van der Waals surface area contributed by atoms with Gasteiger partial charge >= 0.3 is 17.6 Å². The van der Waals surface area contributed by atoms with Crippen molar-refractivity contribution < 1.29 is 28.2 Å². The van der Waals surface area contributed by atoms with Gasteiger partial charge in [-0.25, -0.2) is 9.59 Å². The molecule has 0 unspecified atom stereocenters. The summed E-state index contributed by atoms with van der Waals surface area (Å²) >= 11 is 0. The van der Waals surface area contributed by atoms with E-state index in [-0.39, 0.29) is 16.9 Å². The molecule has 0 fully saturated rings. The number of allylic oxidation sites excluding steroid dienone is 1. The highest BCUT2D eigenvalue weighted by molar-refractivity contribution is 5.94. The average Bonchev–Trinajstić information content (AvgIpc) is 2.76. The Kier molecular flexibility index (Phi) is 7.22. The molecule has 3 rings (SSSR count). The molecule has 0 amide bonds. The van der Waals surface area contributed by atoms with Crippen LogP contribution in [-0.2, 0) is 4.79 Å². The zero-order chi connectivity index (χ0) is 22.2. The predicted molar refractivity (Wildman–Crippen MR) is 115 cm³/mol. The Hall–Kier alpha value is -3.87. The first-order valence-corrected chi connectivity index (χ1v) is 9.84. The fourth-order valence-electron chi connectivity index (χ4n) is 2.81. The van der Waals surface area contributed by atoms with Crippen LogP contribution in [-0.4, -0.2) is 18.5 Å². The van der Waals surface area contributed by atoms with Crippen LogP contribution in [0.4, 0.5) is 0 Å². The molecule has 7 nitrogen and oxygen atoms in total. The van der Waals surface area contributed by atoms with E-state index in [0.717, 1.165) is 12.8 Å². The monoisotopic (exact) mass is 422 g/mol. The summed E-state index contributed by atoms with van der Waals surface area (Å²) in [7, 11) is 0. The molecule has 0 aliphatic heterocycles. The molecule has 0 bridgehead atoms. The first kappa shape index (κ1) is 21.8. The van der Waals surface area contributed by atoms with Crippen molar-refractivity contribution in [2.75, 3.05) is 6.61 Å². The van der Waals surface area contributed by atoms with Crippen LogP contribution in [0.1, 0.15) is 37.0 Å². The molecular weight excluding hydrogens is 400 g/mol. The number of esters is 2. The van der Waals surface area contributed by atoms with E-state index >= 15 is 0 Å². The lowest BCUT2D eigenvalue weighted by Gasteiger charge is -2.12. The number of hydrogen-bond donors (Lipinski definition) is 0. The number of benzene rings is 2. The van der Waals surface area contributed by atoms with Crippen molar-refractivity contribution in [2.24, 2.45) is 0 Å². The molecule has 0 saturated heterocycles. The third-order valence-corrected chi connectivity index (χ3v) is 4.20. The number of rotatable bonds is 8. The smallest absolute Gasteiger partial charge is 0.383 e. The van der Waals surface area contributed by atoms with E-state index in [4.69, 9.17) is 18.6 Å². The molecule has 7 heteroatoms. The molecule has 1 aromatic heterocycles. The van der Waals surface area contributed by atoms with Crippen LogP contribution >= 0.6 is 0 Å². The molecule has 0 aliphatic rings. The van der Waals surface area contributed by atoms with E-state index in [9.17, 15) is 14.4 Å². The topological polar surface area (TPSA) is 92.0 Å². The molecule has 0 N–H and O–H groups in total. The maximum Gasteiger partial charge on any atom is 0.383 e. The minimum Gasteiger partial charge on any atom is -0.493 e. The number of fused-ring (bicyclic) bond motifs is 1. The Labute approximate surface area is 178 Å². The second kappa shape index (κ2) is 10.2. The van der Waals surface area contributed by atoms with Gasteiger partial charge in [-0.1, -0.05) is 37.3 Å². The van der Waals surface area contributed by atoms with Crippen LogP contribution in [0.2, 0.25) is 0 Å².